The number of nitrogens with zero attached hydrogens (tertiary/aromatic N) is 2. The molecule has 0 spiro atoms. The van der Waals surface area contributed by atoms with Crippen LogP contribution in [0.2, 0.25) is 0 Å². The lowest BCUT2D eigenvalue weighted by molar-refractivity contribution is -0.119. The Labute approximate surface area is 145 Å². The lowest BCUT2D eigenvalue weighted by atomic mass is 10.2. The number of H-pyrrole nitrogens is 1. The standard InChI is InChI=1S/C16H21N5O2S/c1-3-13(16-17-10-18-21-16)20-15(23)9-24-8-14(22)19-12-6-4-11(2)5-7-12/h4-7,10,13H,3,8-9H2,1-2H3,(H,19,22)(H,20,23)(H,17,18,21)/t13-/m0/s1. The van der Waals surface area contributed by atoms with Crippen LogP contribution in [0, 0.1) is 6.92 Å². The van der Waals surface area contributed by atoms with Gasteiger partial charge in [-0.15, -0.1) is 11.8 Å². The van der Waals surface area contributed by atoms with E-state index in [1.54, 1.807) is 0 Å². The summed E-state index contributed by atoms with van der Waals surface area (Å²) in [6.45, 7) is 3.94. The summed E-state index contributed by atoms with van der Waals surface area (Å²) in [4.78, 5) is 27.9. The van der Waals surface area contributed by atoms with Gasteiger partial charge < -0.3 is 10.6 Å². The Morgan fingerprint density at radius 2 is 1.92 bits per heavy atom. The molecule has 0 radical (unpaired) electrons. The molecule has 24 heavy (non-hydrogen) atoms. The van der Waals surface area contributed by atoms with E-state index in [4.69, 9.17) is 0 Å². The second-order valence-electron chi connectivity index (χ2n) is 5.31. The van der Waals surface area contributed by atoms with E-state index in [1.807, 2.05) is 38.1 Å². The van der Waals surface area contributed by atoms with Gasteiger partial charge in [0.25, 0.3) is 0 Å². The molecule has 7 nitrogen and oxygen atoms in total. The third kappa shape index (κ3) is 5.69. The van der Waals surface area contributed by atoms with Crippen molar-refractivity contribution in [1.82, 2.24) is 20.5 Å². The number of nitrogens with one attached hydrogen (secondary N) is 3. The molecule has 0 aliphatic carbocycles. The molecule has 128 valence electrons. The number of hydrogen-bond donors (Lipinski definition) is 3. The average Bonchev–Trinajstić information content (AvgIpc) is 3.09. The zero-order chi connectivity index (χ0) is 17.4. The number of aryl methyl sites for hydroxylation is 1. The Bertz CT molecular complexity index is 658. The molecule has 0 saturated carbocycles. The van der Waals surface area contributed by atoms with Crippen LogP contribution in [-0.4, -0.2) is 38.5 Å². The van der Waals surface area contributed by atoms with Crippen molar-refractivity contribution in [3.63, 3.8) is 0 Å². The monoisotopic (exact) mass is 347 g/mol. The number of thioether (sulfide) groups is 1. The van der Waals surface area contributed by atoms with Gasteiger partial charge in [0.15, 0.2) is 0 Å². The van der Waals surface area contributed by atoms with Crippen molar-refractivity contribution in [2.24, 2.45) is 0 Å². The molecule has 8 heteroatoms. The van der Waals surface area contributed by atoms with Crippen molar-refractivity contribution in [3.8, 4) is 0 Å². The van der Waals surface area contributed by atoms with E-state index in [2.05, 4.69) is 25.8 Å². The summed E-state index contributed by atoms with van der Waals surface area (Å²) in [5.41, 5.74) is 1.89. The predicted molar refractivity (Wildman–Crippen MR) is 94.7 cm³/mol. The number of rotatable bonds is 8. The molecular weight excluding hydrogens is 326 g/mol. The van der Waals surface area contributed by atoms with Gasteiger partial charge in [0.05, 0.1) is 17.5 Å². The highest BCUT2D eigenvalue weighted by Crippen LogP contribution is 2.12. The van der Waals surface area contributed by atoms with Gasteiger partial charge in [0.1, 0.15) is 12.2 Å². The van der Waals surface area contributed by atoms with Crippen molar-refractivity contribution in [3.05, 3.63) is 42.0 Å². The lowest BCUT2D eigenvalue weighted by Crippen LogP contribution is -2.30. The maximum atomic E-state index is 12.0. The fourth-order valence-corrected chi connectivity index (χ4v) is 2.68. The summed E-state index contributed by atoms with van der Waals surface area (Å²) >= 11 is 1.27. The topological polar surface area (TPSA) is 99.8 Å². The quantitative estimate of drug-likeness (QED) is 0.679. The number of hydrogen-bond acceptors (Lipinski definition) is 5. The van der Waals surface area contributed by atoms with Crippen molar-refractivity contribution in [2.45, 2.75) is 26.3 Å². The molecule has 2 aromatic rings. The Hall–Kier alpha value is -2.35. The third-order valence-corrected chi connectivity index (χ3v) is 4.24. The fourth-order valence-electron chi connectivity index (χ4n) is 2.05. The lowest BCUT2D eigenvalue weighted by Gasteiger charge is -2.13. The number of carbonyl (C=O) groups excluding carboxylic acids is 2. The molecule has 1 aromatic carbocycles. The highest BCUT2D eigenvalue weighted by Gasteiger charge is 2.15. The van der Waals surface area contributed by atoms with Crippen molar-refractivity contribution < 1.29 is 9.59 Å². The Balaban J connectivity index is 1.70. The number of amides is 2. The van der Waals surface area contributed by atoms with Gasteiger partial charge in [0, 0.05) is 5.69 Å². The van der Waals surface area contributed by atoms with Crippen molar-refractivity contribution >= 4 is 29.3 Å². The summed E-state index contributed by atoms with van der Waals surface area (Å²) < 4.78 is 0. The van der Waals surface area contributed by atoms with Gasteiger partial charge in [-0.25, -0.2) is 4.98 Å². The van der Waals surface area contributed by atoms with Crippen LogP contribution in [0.3, 0.4) is 0 Å². The van der Waals surface area contributed by atoms with E-state index >= 15 is 0 Å². The molecule has 0 saturated heterocycles. The van der Waals surface area contributed by atoms with E-state index in [1.165, 1.54) is 18.1 Å². The van der Waals surface area contributed by atoms with Crippen LogP contribution in [0.1, 0.15) is 30.8 Å². The number of carbonyl (C=O) groups is 2. The maximum Gasteiger partial charge on any atom is 0.234 e. The molecule has 0 bridgehead atoms. The van der Waals surface area contributed by atoms with Crippen LogP contribution in [0.15, 0.2) is 30.6 Å². The van der Waals surface area contributed by atoms with Gasteiger partial charge in [-0.2, -0.15) is 5.10 Å². The minimum absolute atomic E-state index is 0.126. The number of anilines is 1. The molecule has 0 aliphatic rings. The first kappa shape index (κ1) is 18.0. The van der Waals surface area contributed by atoms with E-state index in [-0.39, 0.29) is 29.4 Å². The largest absolute Gasteiger partial charge is 0.345 e. The normalized spacial score (nSPS) is 11.8. The molecule has 1 heterocycles. The van der Waals surface area contributed by atoms with E-state index in [9.17, 15) is 9.59 Å². The Morgan fingerprint density at radius 3 is 2.54 bits per heavy atom. The van der Waals surface area contributed by atoms with E-state index < -0.39 is 0 Å². The minimum Gasteiger partial charge on any atom is -0.345 e. The smallest absolute Gasteiger partial charge is 0.234 e. The summed E-state index contributed by atoms with van der Waals surface area (Å²) in [5.74, 6) is 0.810. The molecular formula is C16H21N5O2S. The average molecular weight is 347 g/mol. The molecule has 3 N–H and O–H groups in total. The van der Waals surface area contributed by atoms with Crippen molar-refractivity contribution in [1.29, 1.82) is 0 Å². The second-order valence-corrected chi connectivity index (χ2v) is 6.29. The number of aromatic amines is 1. The highest BCUT2D eigenvalue weighted by molar-refractivity contribution is 8.00. The number of benzene rings is 1. The Morgan fingerprint density at radius 1 is 1.21 bits per heavy atom. The highest BCUT2D eigenvalue weighted by atomic mass is 32.2. The SMILES string of the molecule is CC[C@H](NC(=O)CSCC(=O)Nc1ccc(C)cc1)c1ncn[nH]1. The van der Waals surface area contributed by atoms with Crippen LogP contribution >= 0.6 is 11.8 Å². The number of aromatic nitrogens is 3. The van der Waals surface area contributed by atoms with Gasteiger partial charge in [-0.1, -0.05) is 24.6 Å². The predicted octanol–water partition coefficient (Wildman–Crippen LogP) is 2.05. The van der Waals surface area contributed by atoms with Crippen LogP contribution < -0.4 is 10.6 Å². The molecule has 0 aliphatic heterocycles. The van der Waals surface area contributed by atoms with Crippen LogP contribution in [0.5, 0.6) is 0 Å². The summed E-state index contributed by atoms with van der Waals surface area (Å²) in [7, 11) is 0. The minimum atomic E-state index is -0.193. The van der Waals surface area contributed by atoms with E-state index in [0.29, 0.717) is 12.2 Å². The molecule has 0 unspecified atom stereocenters. The summed E-state index contributed by atoms with van der Waals surface area (Å²) in [5, 5.41) is 12.2. The van der Waals surface area contributed by atoms with Crippen LogP contribution in [-0.2, 0) is 9.59 Å². The second kappa shape index (κ2) is 9.07. The maximum absolute atomic E-state index is 12.0. The van der Waals surface area contributed by atoms with Gasteiger partial charge in [-0.3, -0.25) is 14.7 Å². The van der Waals surface area contributed by atoms with Gasteiger partial charge in [0.2, 0.25) is 11.8 Å². The first-order chi connectivity index (χ1) is 11.6. The molecule has 2 amide bonds. The zero-order valence-corrected chi connectivity index (χ0v) is 14.5. The summed E-state index contributed by atoms with van der Waals surface area (Å²) in [6, 6.07) is 7.39. The molecule has 2 rings (SSSR count). The van der Waals surface area contributed by atoms with Gasteiger partial charge >= 0.3 is 0 Å². The van der Waals surface area contributed by atoms with E-state index in [0.717, 1.165) is 11.3 Å². The first-order valence-corrected chi connectivity index (χ1v) is 8.83. The van der Waals surface area contributed by atoms with Crippen LogP contribution in [0.4, 0.5) is 5.69 Å². The zero-order valence-electron chi connectivity index (χ0n) is 13.7. The van der Waals surface area contributed by atoms with Gasteiger partial charge in [-0.05, 0) is 25.5 Å². The Kier molecular flexibility index (Phi) is 6.80. The fraction of sp³-hybridized carbons (Fsp3) is 0.375. The first-order valence-electron chi connectivity index (χ1n) is 7.67. The third-order valence-electron chi connectivity index (χ3n) is 3.31. The van der Waals surface area contributed by atoms with Crippen molar-refractivity contribution in [2.75, 3.05) is 16.8 Å². The molecule has 0 fully saturated rings. The molecule has 1 aromatic heterocycles. The molecule has 1 atom stereocenters. The summed E-state index contributed by atoms with van der Waals surface area (Å²) in [6.07, 6.45) is 2.12. The van der Waals surface area contributed by atoms with Crippen LogP contribution in [0.25, 0.3) is 0 Å².